The van der Waals surface area contributed by atoms with E-state index in [9.17, 15) is 0 Å². The van der Waals surface area contributed by atoms with E-state index in [1.807, 2.05) is 61.5 Å². The Morgan fingerprint density at radius 3 is 2.45 bits per heavy atom. The lowest BCUT2D eigenvalue weighted by Gasteiger charge is -2.22. The van der Waals surface area contributed by atoms with Gasteiger partial charge in [0.2, 0.25) is 0 Å². The van der Waals surface area contributed by atoms with Crippen LogP contribution in [-0.2, 0) is 4.74 Å². The maximum Gasteiger partial charge on any atom is 0.108 e. The van der Waals surface area contributed by atoms with Gasteiger partial charge in [0.15, 0.2) is 0 Å². The van der Waals surface area contributed by atoms with Crippen LogP contribution in [0.4, 0.5) is 0 Å². The lowest BCUT2D eigenvalue weighted by Crippen LogP contribution is -2.20. The van der Waals surface area contributed by atoms with E-state index in [0.717, 1.165) is 12.1 Å². The van der Waals surface area contributed by atoms with Crippen LogP contribution in [0.3, 0.4) is 0 Å². The Morgan fingerprint density at radius 1 is 1.05 bits per heavy atom. The molecule has 0 radical (unpaired) electrons. The highest BCUT2D eigenvalue weighted by molar-refractivity contribution is 5.35. The van der Waals surface area contributed by atoms with Gasteiger partial charge in [0.05, 0.1) is 6.61 Å². The Kier molecular flexibility index (Phi) is 4.00. The molecule has 2 nitrogen and oxygen atoms in total. The number of likely N-dealkylation sites (N-methyl/N-ethyl adjacent to an activating group) is 1. The van der Waals surface area contributed by atoms with E-state index < -0.39 is 6.85 Å². The number of benzene rings is 2. The predicted molar refractivity (Wildman–Crippen MR) is 84.0 cm³/mol. The third kappa shape index (κ3) is 3.92. The minimum absolute atomic E-state index is 0.346. The number of nitrogens with zero attached hydrogens (tertiary/aromatic N) is 1. The zero-order valence-corrected chi connectivity index (χ0v) is 12.0. The molecule has 0 N–H and O–H groups in total. The summed E-state index contributed by atoms with van der Waals surface area (Å²) in [6, 6.07) is 16.9. The van der Waals surface area contributed by atoms with E-state index >= 15 is 0 Å². The molecule has 0 aliphatic rings. The highest BCUT2D eigenvalue weighted by Gasteiger charge is 2.16. The molecule has 0 amide bonds. The fourth-order valence-electron chi connectivity index (χ4n) is 2.07. The van der Waals surface area contributed by atoms with Gasteiger partial charge in [-0.3, -0.25) is 0 Å². The normalized spacial score (nSPS) is 15.4. The van der Waals surface area contributed by atoms with Crippen molar-refractivity contribution in [2.24, 2.45) is 0 Å². The Balaban J connectivity index is 2.38. The average Bonchev–Trinajstić information content (AvgIpc) is 2.51. The van der Waals surface area contributed by atoms with Crippen molar-refractivity contribution in [3.8, 4) is 0 Å². The highest BCUT2D eigenvalue weighted by atomic mass is 16.5. The van der Waals surface area contributed by atoms with Crippen LogP contribution in [0, 0.1) is 6.85 Å². The third-order valence-corrected chi connectivity index (χ3v) is 3.17. The molecule has 20 heavy (non-hydrogen) atoms. The van der Waals surface area contributed by atoms with E-state index in [2.05, 4.69) is 0 Å². The molecule has 0 spiro atoms. The maximum atomic E-state index is 7.78. The second kappa shape index (κ2) is 7.22. The van der Waals surface area contributed by atoms with E-state index in [1.165, 1.54) is 0 Å². The SMILES string of the molecule is [2H]C([2H])([2H])c1ccccc1C(OCCN(C)C)c1ccccc1. The average molecular weight is 272 g/mol. The summed E-state index contributed by atoms with van der Waals surface area (Å²) in [4.78, 5) is 2.04. The minimum atomic E-state index is -2.16. The van der Waals surface area contributed by atoms with Crippen LogP contribution >= 0.6 is 0 Å². The molecule has 1 unspecified atom stereocenters. The van der Waals surface area contributed by atoms with Gasteiger partial charge in [0.1, 0.15) is 6.10 Å². The lowest BCUT2D eigenvalue weighted by molar-refractivity contribution is 0.0683. The molecule has 106 valence electrons. The van der Waals surface area contributed by atoms with Gasteiger partial charge in [-0.15, -0.1) is 0 Å². The Bertz CT molecular complexity index is 611. The smallest absolute Gasteiger partial charge is 0.108 e. The minimum Gasteiger partial charge on any atom is -0.367 e. The summed E-state index contributed by atoms with van der Waals surface area (Å²) in [7, 11) is 3.97. The molecule has 2 heteroatoms. The van der Waals surface area contributed by atoms with Crippen molar-refractivity contribution in [3.05, 3.63) is 71.3 Å². The van der Waals surface area contributed by atoms with Crippen LogP contribution in [0.15, 0.2) is 54.6 Å². The van der Waals surface area contributed by atoms with E-state index in [4.69, 9.17) is 8.85 Å². The van der Waals surface area contributed by atoms with Crippen LogP contribution in [0.25, 0.3) is 0 Å². The van der Waals surface area contributed by atoms with Crippen molar-refractivity contribution in [3.63, 3.8) is 0 Å². The summed E-state index contributed by atoms with van der Waals surface area (Å²) in [6.45, 7) is -0.851. The number of aryl methyl sites for hydroxylation is 1. The van der Waals surface area contributed by atoms with Crippen molar-refractivity contribution < 1.29 is 8.85 Å². The standard InChI is InChI=1S/C18H23NO/c1-15-9-7-8-12-17(15)18(20-14-13-19(2)3)16-10-5-4-6-11-16/h4-12,18H,13-14H2,1-3H3/i1D3. The highest BCUT2D eigenvalue weighted by Crippen LogP contribution is 2.28. The second-order valence-corrected chi connectivity index (χ2v) is 5.05. The molecule has 0 saturated heterocycles. The van der Waals surface area contributed by atoms with E-state index in [1.54, 1.807) is 12.1 Å². The first-order valence-electron chi connectivity index (χ1n) is 8.30. The molecule has 0 fully saturated rings. The van der Waals surface area contributed by atoms with Crippen molar-refractivity contribution in [2.45, 2.75) is 13.0 Å². The molecule has 0 aliphatic carbocycles. The van der Waals surface area contributed by atoms with Crippen LogP contribution in [0.2, 0.25) is 0 Å². The summed E-state index contributed by atoms with van der Waals surface area (Å²) in [6.07, 6.45) is -0.382. The van der Waals surface area contributed by atoms with Crippen molar-refractivity contribution >= 4 is 0 Å². The van der Waals surface area contributed by atoms with Crippen LogP contribution < -0.4 is 0 Å². The molecule has 0 heterocycles. The number of hydrogen-bond donors (Lipinski definition) is 0. The maximum absolute atomic E-state index is 7.78. The largest absolute Gasteiger partial charge is 0.367 e. The van der Waals surface area contributed by atoms with Crippen LogP contribution in [-0.4, -0.2) is 32.1 Å². The van der Waals surface area contributed by atoms with Gasteiger partial charge >= 0.3 is 0 Å². The first-order valence-corrected chi connectivity index (χ1v) is 6.80. The molecular formula is C18H23NO. The molecule has 0 saturated carbocycles. The van der Waals surface area contributed by atoms with Crippen molar-refractivity contribution in [1.82, 2.24) is 4.90 Å². The molecule has 0 aliphatic heterocycles. The zero-order chi connectivity index (χ0) is 16.9. The zero-order valence-electron chi connectivity index (χ0n) is 15.0. The summed E-state index contributed by atoms with van der Waals surface area (Å²) >= 11 is 0. The van der Waals surface area contributed by atoms with Gasteiger partial charge in [-0.1, -0.05) is 54.6 Å². The van der Waals surface area contributed by atoms with E-state index in [0.29, 0.717) is 17.7 Å². The number of ether oxygens (including phenoxy) is 1. The molecule has 2 rings (SSSR count). The molecule has 0 aromatic heterocycles. The van der Waals surface area contributed by atoms with E-state index in [-0.39, 0.29) is 6.10 Å². The predicted octanol–water partition coefficient (Wildman–Crippen LogP) is 3.66. The topological polar surface area (TPSA) is 12.5 Å². The van der Waals surface area contributed by atoms with Gasteiger partial charge < -0.3 is 9.64 Å². The van der Waals surface area contributed by atoms with Gasteiger partial charge in [-0.05, 0) is 37.6 Å². The molecule has 1 atom stereocenters. The van der Waals surface area contributed by atoms with Crippen LogP contribution in [0.1, 0.15) is 26.9 Å². The summed E-state index contributed by atoms with van der Waals surface area (Å²) < 4.78 is 29.4. The second-order valence-electron chi connectivity index (χ2n) is 5.05. The van der Waals surface area contributed by atoms with Gasteiger partial charge in [-0.2, -0.15) is 0 Å². The first kappa shape index (κ1) is 11.1. The van der Waals surface area contributed by atoms with Crippen molar-refractivity contribution in [2.75, 3.05) is 27.2 Å². The van der Waals surface area contributed by atoms with Crippen molar-refractivity contribution in [1.29, 1.82) is 0 Å². The Labute approximate surface area is 126 Å². The number of hydrogen-bond acceptors (Lipinski definition) is 2. The third-order valence-electron chi connectivity index (χ3n) is 3.17. The fraction of sp³-hybridized carbons (Fsp3) is 0.333. The molecule has 2 aromatic rings. The molecule has 0 bridgehead atoms. The monoisotopic (exact) mass is 272 g/mol. The van der Waals surface area contributed by atoms with Crippen LogP contribution in [0.5, 0.6) is 0 Å². The number of rotatable bonds is 6. The quantitative estimate of drug-likeness (QED) is 0.795. The fourth-order valence-corrected chi connectivity index (χ4v) is 2.07. The van der Waals surface area contributed by atoms with Gasteiger partial charge in [0, 0.05) is 10.7 Å². The summed E-state index contributed by atoms with van der Waals surface area (Å²) in [5.74, 6) is 0. The van der Waals surface area contributed by atoms with Gasteiger partial charge in [0.25, 0.3) is 0 Å². The molecular weight excluding hydrogens is 246 g/mol. The Morgan fingerprint density at radius 2 is 1.75 bits per heavy atom. The summed E-state index contributed by atoms with van der Waals surface area (Å²) in [5, 5.41) is 0. The first-order chi connectivity index (χ1) is 10.9. The van der Waals surface area contributed by atoms with Gasteiger partial charge in [-0.25, -0.2) is 0 Å². The Hall–Kier alpha value is -1.64. The molecule has 2 aromatic carbocycles. The lowest BCUT2D eigenvalue weighted by atomic mass is 9.97. The summed E-state index contributed by atoms with van der Waals surface area (Å²) in [5.41, 5.74) is 2.01.